The van der Waals surface area contributed by atoms with Crippen molar-refractivity contribution in [1.82, 2.24) is 10.6 Å². The van der Waals surface area contributed by atoms with Crippen LogP contribution in [0, 0.1) is 39.9 Å². The SMILES string of the molecule is CC(C)(C)CC(C)(C)NC(=O)C1CC[C@H]2[C@@H]3CCC4NC(=O)C=C[C@]4(C)[C@@H]3CC[C@]12C. The topological polar surface area (TPSA) is 58.2 Å². The van der Waals surface area contributed by atoms with E-state index in [4.69, 9.17) is 0 Å². The van der Waals surface area contributed by atoms with Crippen LogP contribution in [-0.4, -0.2) is 23.4 Å². The quantitative estimate of drug-likeness (QED) is 0.646. The Kier molecular flexibility index (Phi) is 5.42. The maximum atomic E-state index is 13.5. The summed E-state index contributed by atoms with van der Waals surface area (Å²) < 4.78 is 0. The predicted molar refractivity (Wildman–Crippen MR) is 125 cm³/mol. The van der Waals surface area contributed by atoms with Gasteiger partial charge in [-0.3, -0.25) is 9.59 Å². The van der Waals surface area contributed by atoms with Crippen LogP contribution in [0.2, 0.25) is 0 Å². The molecular weight excluding hydrogens is 384 g/mol. The largest absolute Gasteiger partial charge is 0.351 e. The molecule has 3 fully saturated rings. The Bertz CT molecular complexity index is 779. The summed E-state index contributed by atoms with van der Waals surface area (Å²) in [5.41, 5.74) is 0.173. The molecule has 4 nitrogen and oxygen atoms in total. The average Bonchev–Trinajstić information content (AvgIpc) is 2.97. The van der Waals surface area contributed by atoms with Crippen LogP contribution >= 0.6 is 0 Å². The fraction of sp³-hybridized carbons (Fsp3) is 0.852. The fourth-order valence-corrected chi connectivity index (χ4v) is 8.55. The van der Waals surface area contributed by atoms with Gasteiger partial charge in [0, 0.05) is 22.9 Å². The molecule has 0 bridgehead atoms. The van der Waals surface area contributed by atoms with Gasteiger partial charge in [0.15, 0.2) is 0 Å². The highest BCUT2D eigenvalue weighted by Gasteiger charge is 2.61. The molecular formula is C27H44N2O2. The van der Waals surface area contributed by atoms with Gasteiger partial charge in [-0.2, -0.15) is 0 Å². The lowest BCUT2D eigenvalue weighted by Crippen LogP contribution is -2.60. The summed E-state index contributed by atoms with van der Waals surface area (Å²) in [6.45, 7) is 15.9. The van der Waals surface area contributed by atoms with Crippen LogP contribution in [0.5, 0.6) is 0 Å². The van der Waals surface area contributed by atoms with Crippen molar-refractivity contribution in [2.75, 3.05) is 0 Å². The van der Waals surface area contributed by atoms with Crippen LogP contribution in [0.15, 0.2) is 12.2 Å². The van der Waals surface area contributed by atoms with Gasteiger partial charge in [0.05, 0.1) is 0 Å². The van der Waals surface area contributed by atoms with Gasteiger partial charge in [-0.15, -0.1) is 0 Å². The van der Waals surface area contributed by atoms with Crippen LogP contribution in [0.25, 0.3) is 0 Å². The summed E-state index contributed by atoms with van der Waals surface area (Å²) in [6.07, 6.45) is 11.7. The molecule has 3 aliphatic carbocycles. The van der Waals surface area contributed by atoms with E-state index in [0.717, 1.165) is 25.7 Å². The van der Waals surface area contributed by atoms with Crippen LogP contribution < -0.4 is 10.6 Å². The number of nitrogens with one attached hydrogen (secondary N) is 2. The van der Waals surface area contributed by atoms with Crippen molar-refractivity contribution in [2.24, 2.45) is 39.9 Å². The molecule has 1 heterocycles. The van der Waals surface area contributed by atoms with Crippen molar-refractivity contribution in [2.45, 2.75) is 105 Å². The minimum Gasteiger partial charge on any atom is -0.351 e. The molecule has 4 heteroatoms. The van der Waals surface area contributed by atoms with E-state index in [1.54, 1.807) is 6.08 Å². The van der Waals surface area contributed by atoms with Crippen molar-refractivity contribution in [1.29, 1.82) is 0 Å². The summed E-state index contributed by atoms with van der Waals surface area (Å²) >= 11 is 0. The molecule has 1 aliphatic heterocycles. The van der Waals surface area contributed by atoms with Gasteiger partial charge in [-0.05, 0) is 93.5 Å². The van der Waals surface area contributed by atoms with Crippen molar-refractivity contribution >= 4 is 11.8 Å². The van der Waals surface area contributed by atoms with Crippen LogP contribution in [0.4, 0.5) is 0 Å². The summed E-state index contributed by atoms with van der Waals surface area (Å²) in [7, 11) is 0. The smallest absolute Gasteiger partial charge is 0.243 e. The molecule has 3 saturated carbocycles. The lowest BCUT2D eigenvalue weighted by atomic mass is 9.48. The van der Waals surface area contributed by atoms with Gasteiger partial charge in [0.25, 0.3) is 0 Å². The van der Waals surface area contributed by atoms with Crippen molar-refractivity contribution in [3.63, 3.8) is 0 Å². The van der Waals surface area contributed by atoms with Gasteiger partial charge in [-0.25, -0.2) is 0 Å². The summed E-state index contributed by atoms with van der Waals surface area (Å²) in [6, 6.07) is 0.273. The van der Waals surface area contributed by atoms with Crippen LogP contribution in [0.1, 0.15) is 93.4 Å². The third-order valence-corrected chi connectivity index (χ3v) is 9.44. The Hall–Kier alpha value is -1.32. The van der Waals surface area contributed by atoms with E-state index >= 15 is 0 Å². The number of fused-ring (bicyclic) bond motifs is 5. The Morgan fingerprint density at radius 2 is 1.77 bits per heavy atom. The maximum absolute atomic E-state index is 13.5. The van der Waals surface area contributed by atoms with Gasteiger partial charge in [0.1, 0.15) is 0 Å². The number of hydrogen-bond donors (Lipinski definition) is 2. The van der Waals surface area contributed by atoms with Gasteiger partial charge in [0.2, 0.25) is 11.8 Å². The normalized spacial score (nSPS) is 42.3. The van der Waals surface area contributed by atoms with Crippen LogP contribution in [0.3, 0.4) is 0 Å². The van der Waals surface area contributed by atoms with E-state index in [-0.39, 0.29) is 45.6 Å². The minimum atomic E-state index is -0.183. The summed E-state index contributed by atoms with van der Waals surface area (Å²) in [5, 5.41) is 6.69. The second kappa shape index (κ2) is 7.35. The Labute approximate surface area is 189 Å². The highest BCUT2D eigenvalue weighted by atomic mass is 16.2. The number of hydrogen-bond acceptors (Lipinski definition) is 2. The van der Waals surface area contributed by atoms with E-state index in [1.807, 2.05) is 0 Å². The highest BCUT2D eigenvalue weighted by Crippen LogP contribution is 2.65. The predicted octanol–water partition coefficient (Wildman–Crippen LogP) is 5.23. The van der Waals surface area contributed by atoms with Gasteiger partial charge >= 0.3 is 0 Å². The molecule has 0 spiro atoms. The first-order chi connectivity index (χ1) is 14.3. The summed E-state index contributed by atoms with van der Waals surface area (Å²) in [4.78, 5) is 25.5. The first-order valence-electron chi connectivity index (χ1n) is 12.6. The molecule has 7 atom stereocenters. The highest BCUT2D eigenvalue weighted by molar-refractivity contribution is 5.89. The van der Waals surface area contributed by atoms with Gasteiger partial charge < -0.3 is 10.6 Å². The summed E-state index contributed by atoms with van der Waals surface area (Å²) in [5.74, 6) is 2.38. The zero-order valence-corrected chi connectivity index (χ0v) is 20.8. The van der Waals surface area contributed by atoms with Crippen LogP contribution in [-0.2, 0) is 9.59 Å². The first kappa shape index (κ1) is 22.9. The second-order valence-electron chi connectivity index (χ2n) is 13.5. The molecule has 174 valence electrons. The molecule has 0 saturated heterocycles. The molecule has 0 aromatic carbocycles. The molecule has 0 aromatic heterocycles. The molecule has 4 rings (SSSR count). The molecule has 0 radical (unpaired) electrons. The lowest BCUT2D eigenvalue weighted by Gasteiger charge is -2.58. The number of carbonyl (C=O) groups excluding carboxylic acids is 2. The number of carbonyl (C=O) groups is 2. The Morgan fingerprint density at radius 1 is 1.06 bits per heavy atom. The van der Waals surface area contributed by atoms with E-state index in [2.05, 4.69) is 65.2 Å². The fourth-order valence-electron chi connectivity index (χ4n) is 8.55. The van der Waals surface area contributed by atoms with Crippen molar-refractivity contribution < 1.29 is 9.59 Å². The van der Waals surface area contributed by atoms with E-state index in [1.165, 1.54) is 19.3 Å². The molecule has 4 aliphatic rings. The first-order valence-corrected chi connectivity index (χ1v) is 12.6. The standard InChI is InChI=1S/C27H44N2O2/c1-24(2,3)16-25(4,5)29-23(31)20-10-9-18-17-8-11-21-27(7,15-13-22(30)28-21)19(17)12-14-26(18,20)6/h13,15,17-21H,8-12,14,16H2,1-7H3,(H,28,30)(H,29,31)/t17-,18-,19+,20?,21?,26-,27+/m0/s1. The van der Waals surface area contributed by atoms with Crippen molar-refractivity contribution in [3.8, 4) is 0 Å². The van der Waals surface area contributed by atoms with Gasteiger partial charge in [-0.1, -0.05) is 40.7 Å². The van der Waals surface area contributed by atoms with Crippen molar-refractivity contribution in [3.05, 3.63) is 12.2 Å². The monoisotopic (exact) mass is 428 g/mol. The molecule has 0 aromatic rings. The molecule has 31 heavy (non-hydrogen) atoms. The molecule has 2 unspecified atom stereocenters. The second-order valence-corrected chi connectivity index (χ2v) is 13.5. The zero-order valence-electron chi connectivity index (χ0n) is 20.8. The third-order valence-electron chi connectivity index (χ3n) is 9.44. The molecule has 2 N–H and O–H groups in total. The molecule has 2 amide bonds. The average molecular weight is 429 g/mol. The maximum Gasteiger partial charge on any atom is 0.243 e. The third kappa shape index (κ3) is 3.97. The Balaban J connectivity index is 1.51. The zero-order chi connectivity index (χ0) is 22.8. The number of rotatable bonds is 3. The number of amides is 2. The Morgan fingerprint density at radius 3 is 2.45 bits per heavy atom. The lowest BCUT2D eigenvalue weighted by molar-refractivity contribution is -0.135. The van der Waals surface area contributed by atoms with E-state index in [0.29, 0.717) is 17.8 Å². The van der Waals surface area contributed by atoms with E-state index in [9.17, 15) is 9.59 Å². The minimum absolute atomic E-state index is 0.0627. The van der Waals surface area contributed by atoms with E-state index < -0.39 is 0 Å².